The summed E-state index contributed by atoms with van der Waals surface area (Å²) in [5, 5.41) is 2.98. The summed E-state index contributed by atoms with van der Waals surface area (Å²) < 4.78 is 0. The Morgan fingerprint density at radius 3 is 2.18 bits per heavy atom. The fraction of sp³-hybridized carbons (Fsp3) is 0.824. The molecule has 0 aromatic rings. The molecule has 2 fully saturated rings. The predicted octanol–water partition coefficient (Wildman–Crippen LogP) is 2.04. The van der Waals surface area contributed by atoms with Crippen molar-refractivity contribution in [3.63, 3.8) is 0 Å². The number of likely N-dealkylation sites (tertiary alicyclic amines) is 1. The molecule has 1 aliphatic heterocycles. The Morgan fingerprint density at radius 2 is 1.59 bits per heavy atom. The van der Waals surface area contributed by atoms with E-state index in [0.29, 0.717) is 12.3 Å². The lowest BCUT2D eigenvalue weighted by Gasteiger charge is -2.35. The number of carbonyl (C=O) groups excluding carboxylic acids is 3. The fourth-order valence-electron chi connectivity index (χ4n) is 3.44. The SMILES string of the molecule is CC(=O)CCC(=O)NC1CCN(C(=O)C2CCCCC2)CC1. The van der Waals surface area contributed by atoms with Crippen LogP contribution in [0.25, 0.3) is 0 Å². The third-order valence-corrected chi connectivity index (χ3v) is 4.83. The van der Waals surface area contributed by atoms with Gasteiger partial charge in [0.15, 0.2) is 0 Å². The minimum absolute atomic E-state index is 0.0445. The van der Waals surface area contributed by atoms with Gasteiger partial charge in [-0.3, -0.25) is 9.59 Å². The Bertz CT molecular complexity index is 408. The second-order valence-electron chi connectivity index (χ2n) is 6.70. The van der Waals surface area contributed by atoms with Crippen molar-refractivity contribution in [1.29, 1.82) is 0 Å². The van der Waals surface area contributed by atoms with Gasteiger partial charge in [-0.2, -0.15) is 0 Å². The van der Waals surface area contributed by atoms with Crippen molar-refractivity contribution >= 4 is 17.6 Å². The van der Waals surface area contributed by atoms with Gasteiger partial charge in [0.25, 0.3) is 0 Å². The van der Waals surface area contributed by atoms with Gasteiger partial charge in [0.05, 0.1) is 0 Å². The Labute approximate surface area is 132 Å². The Kier molecular flexibility index (Phi) is 6.40. The average molecular weight is 308 g/mol. The molecule has 0 bridgehead atoms. The molecule has 0 radical (unpaired) electrons. The van der Waals surface area contributed by atoms with Gasteiger partial charge in [-0.1, -0.05) is 19.3 Å². The summed E-state index contributed by atoms with van der Waals surface area (Å²) >= 11 is 0. The van der Waals surface area contributed by atoms with Crippen LogP contribution in [0, 0.1) is 5.92 Å². The van der Waals surface area contributed by atoms with Crippen LogP contribution in [0.5, 0.6) is 0 Å². The summed E-state index contributed by atoms with van der Waals surface area (Å²) in [6.45, 7) is 2.99. The number of amides is 2. The topological polar surface area (TPSA) is 66.5 Å². The summed E-state index contributed by atoms with van der Waals surface area (Å²) in [7, 11) is 0. The van der Waals surface area contributed by atoms with E-state index < -0.39 is 0 Å². The zero-order valence-corrected chi connectivity index (χ0v) is 13.6. The van der Waals surface area contributed by atoms with Crippen molar-refractivity contribution in [3.8, 4) is 0 Å². The molecule has 1 saturated heterocycles. The zero-order valence-electron chi connectivity index (χ0n) is 13.6. The van der Waals surface area contributed by atoms with Crippen LogP contribution in [-0.2, 0) is 14.4 Å². The standard InChI is InChI=1S/C17H28N2O3/c1-13(20)7-8-16(21)18-15-9-11-19(12-10-15)17(22)14-5-3-2-4-6-14/h14-15H,2-12H2,1H3,(H,18,21). The van der Waals surface area contributed by atoms with Crippen LogP contribution >= 0.6 is 0 Å². The van der Waals surface area contributed by atoms with Crippen LogP contribution in [0.1, 0.15) is 64.7 Å². The maximum absolute atomic E-state index is 12.5. The van der Waals surface area contributed by atoms with Gasteiger partial charge in [0.1, 0.15) is 5.78 Å². The monoisotopic (exact) mass is 308 g/mol. The first-order valence-electron chi connectivity index (χ1n) is 8.64. The molecular formula is C17H28N2O3. The molecule has 0 aromatic carbocycles. The number of ketones is 1. The highest BCUT2D eigenvalue weighted by atomic mass is 16.2. The van der Waals surface area contributed by atoms with Crippen LogP contribution in [0.2, 0.25) is 0 Å². The Hall–Kier alpha value is -1.39. The van der Waals surface area contributed by atoms with E-state index in [9.17, 15) is 14.4 Å². The van der Waals surface area contributed by atoms with Gasteiger partial charge in [-0.15, -0.1) is 0 Å². The van der Waals surface area contributed by atoms with Crippen LogP contribution in [0.4, 0.5) is 0 Å². The lowest BCUT2D eigenvalue weighted by atomic mass is 9.87. The number of hydrogen-bond acceptors (Lipinski definition) is 3. The molecule has 1 heterocycles. The quantitative estimate of drug-likeness (QED) is 0.845. The molecule has 2 amide bonds. The van der Waals surface area contributed by atoms with Crippen LogP contribution in [0.3, 0.4) is 0 Å². The van der Waals surface area contributed by atoms with Crippen molar-refractivity contribution in [3.05, 3.63) is 0 Å². The molecule has 124 valence electrons. The summed E-state index contributed by atoms with van der Waals surface area (Å²) in [6, 6.07) is 0.148. The molecule has 5 nitrogen and oxygen atoms in total. The number of carbonyl (C=O) groups is 3. The van der Waals surface area contributed by atoms with E-state index >= 15 is 0 Å². The number of Topliss-reactive ketones (excluding diaryl/α,β-unsaturated/α-hetero) is 1. The fourth-order valence-corrected chi connectivity index (χ4v) is 3.44. The van der Waals surface area contributed by atoms with Crippen LogP contribution in [-0.4, -0.2) is 41.6 Å². The van der Waals surface area contributed by atoms with E-state index in [1.165, 1.54) is 26.2 Å². The smallest absolute Gasteiger partial charge is 0.225 e. The van der Waals surface area contributed by atoms with Gasteiger partial charge in [-0.05, 0) is 32.6 Å². The van der Waals surface area contributed by atoms with Gasteiger partial charge < -0.3 is 15.0 Å². The summed E-state index contributed by atoms with van der Waals surface area (Å²) in [5.41, 5.74) is 0. The van der Waals surface area contributed by atoms with Crippen molar-refractivity contribution in [2.75, 3.05) is 13.1 Å². The molecule has 0 spiro atoms. The highest BCUT2D eigenvalue weighted by molar-refractivity contribution is 5.83. The van der Waals surface area contributed by atoms with Gasteiger partial charge in [0.2, 0.25) is 11.8 Å². The molecule has 2 aliphatic rings. The van der Waals surface area contributed by atoms with E-state index in [1.807, 2.05) is 4.90 Å². The maximum Gasteiger partial charge on any atom is 0.225 e. The number of piperidine rings is 1. The molecular weight excluding hydrogens is 280 g/mol. The van der Waals surface area contributed by atoms with Crippen molar-refractivity contribution in [2.24, 2.45) is 5.92 Å². The van der Waals surface area contributed by atoms with Gasteiger partial charge >= 0.3 is 0 Å². The molecule has 5 heteroatoms. The van der Waals surface area contributed by atoms with E-state index in [-0.39, 0.29) is 30.1 Å². The molecule has 0 unspecified atom stereocenters. The van der Waals surface area contributed by atoms with E-state index in [2.05, 4.69) is 5.32 Å². The third-order valence-electron chi connectivity index (χ3n) is 4.83. The first kappa shape index (κ1) is 17.0. The first-order valence-corrected chi connectivity index (χ1v) is 8.64. The zero-order chi connectivity index (χ0) is 15.9. The number of nitrogens with zero attached hydrogens (tertiary/aromatic N) is 1. The Balaban J connectivity index is 1.69. The molecule has 1 aliphatic carbocycles. The lowest BCUT2D eigenvalue weighted by Crippen LogP contribution is -2.48. The molecule has 2 rings (SSSR count). The molecule has 0 aromatic heterocycles. The first-order chi connectivity index (χ1) is 10.6. The second kappa shape index (κ2) is 8.30. The largest absolute Gasteiger partial charge is 0.353 e. The van der Waals surface area contributed by atoms with E-state index in [0.717, 1.165) is 38.8 Å². The third kappa shape index (κ3) is 5.11. The highest BCUT2D eigenvalue weighted by Gasteiger charge is 2.29. The van der Waals surface area contributed by atoms with E-state index in [1.54, 1.807) is 0 Å². The second-order valence-corrected chi connectivity index (χ2v) is 6.70. The minimum Gasteiger partial charge on any atom is -0.353 e. The number of hydrogen-bond donors (Lipinski definition) is 1. The lowest BCUT2D eigenvalue weighted by molar-refractivity contribution is -0.137. The summed E-state index contributed by atoms with van der Waals surface area (Å²) in [6.07, 6.45) is 7.94. The van der Waals surface area contributed by atoms with Crippen LogP contribution in [0.15, 0.2) is 0 Å². The molecule has 22 heavy (non-hydrogen) atoms. The Morgan fingerprint density at radius 1 is 0.955 bits per heavy atom. The van der Waals surface area contributed by atoms with Crippen molar-refractivity contribution < 1.29 is 14.4 Å². The van der Waals surface area contributed by atoms with Gasteiger partial charge in [0, 0.05) is 37.9 Å². The summed E-state index contributed by atoms with van der Waals surface area (Å²) in [5.74, 6) is 0.548. The maximum atomic E-state index is 12.5. The molecule has 1 N–H and O–H groups in total. The molecule has 0 atom stereocenters. The number of rotatable bonds is 5. The molecule has 1 saturated carbocycles. The van der Waals surface area contributed by atoms with Gasteiger partial charge in [-0.25, -0.2) is 0 Å². The highest BCUT2D eigenvalue weighted by Crippen LogP contribution is 2.26. The van der Waals surface area contributed by atoms with Crippen molar-refractivity contribution in [1.82, 2.24) is 10.2 Å². The van der Waals surface area contributed by atoms with Crippen molar-refractivity contribution in [2.45, 2.75) is 70.8 Å². The van der Waals surface area contributed by atoms with E-state index in [4.69, 9.17) is 0 Å². The summed E-state index contributed by atoms with van der Waals surface area (Å²) in [4.78, 5) is 37.1. The normalized spacial score (nSPS) is 20.7. The number of nitrogens with one attached hydrogen (secondary N) is 1. The average Bonchev–Trinajstić information content (AvgIpc) is 2.54. The predicted molar refractivity (Wildman–Crippen MR) is 84.2 cm³/mol. The minimum atomic E-state index is -0.0488. The van der Waals surface area contributed by atoms with Crippen LogP contribution < -0.4 is 5.32 Å².